The zero-order valence-corrected chi connectivity index (χ0v) is 16.0. The average molecular weight is 320 g/mol. The zero-order chi connectivity index (χ0) is 14.8. The van der Waals surface area contributed by atoms with E-state index in [-0.39, 0.29) is 77.1 Å². The molecule has 0 saturated carbocycles. The summed E-state index contributed by atoms with van der Waals surface area (Å²) in [6, 6.07) is -0.315. The average Bonchev–Trinajstić information content (AvgIpc) is 2.16. The van der Waals surface area contributed by atoms with Crippen molar-refractivity contribution >= 4 is 13.1 Å². The summed E-state index contributed by atoms with van der Waals surface area (Å²) in [6.07, 6.45) is -1.33. The SMILES string of the molecule is C[C@@H]1CN(C(=O)OC(C)(C)C)CCN1C[B-](F)(F)F.[K+]. The Balaban J connectivity index is 0.00000361. The van der Waals surface area contributed by atoms with Crippen LogP contribution in [0, 0.1) is 0 Å². The molecule has 112 valence electrons. The van der Waals surface area contributed by atoms with E-state index in [9.17, 15) is 17.7 Å². The Morgan fingerprint density at radius 2 is 1.85 bits per heavy atom. The van der Waals surface area contributed by atoms with Crippen molar-refractivity contribution < 1.29 is 73.9 Å². The van der Waals surface area contributed by atoms with Crippen LogP contribution in [0.3, 0.4) is 0 Å². The van der Waals surface area contributed by atoms with Gasteiger partial charge in [-0.3, -0.25) is 0 Å². The summed E-state index contributed by atoms with van der Waals surface area (Å²) in [6.45, 7) is 2.91. The molecular formula is C11H21BF3KN2O2. The summed E-state index contributed by atoms with van der Waals surface area (Å²) >= 11 is 0. The Morgan fingerprint density at radius 1 is 1.30 bits per heavy atom. The normalized spacial score (nSPS) is 21.4. The molecule has 0 aromatic carbocycles. The van der Waals surface area contributed by atoms with Gasteiger partial charge in [0.1, 0.15) is 5.60 Å². The van der Waals surface area contributed by atoms with Gasteiger partial charge in [0, 0.05) is 25.7 Å². The molecule has 1 fully saturated rings. The number of hydrogen-bond acceptors (Lipinski definition) is 3. The first kappa shape index (κ1) is 20.7. The van der Waals surface area contributed by atoms with Crippen molar-refractivity contribution in [3.63, 3.8) is 0 Å². The number of hydrogen-bond donors (Lipinski definition) is 0. The van der Waals surface area contributed by atoms with Crippen molar-refractivity contribution in [2.24, 2.45) is 0 Å². The minimum atomic E-state index is -4.83. The van der Waals surface area contributed by atoms with Gasteiger partial charge in [-0.25, -0.2) is 4.79 Å². The van der Waals surface area contributed by atoms with E-state index in [1.165, 1.54) is 9.80 Å². The van der Waals surface area contributed by atoms with Crippen LogP contribution in [-0.4, -0.2) is 60.6 Å². The number of carbonyl (C=O) groups is 1. The first-order chi connectivity index (χ1) is 8.48. The molecule has 0 aromatic rings. The number of rotatable bonds is 2. The number of carbonyl (C=O) groups excluding carboxylic acids is 1. The van der Waals surface area contributed by atoms with Crippen molar-refractivity contribution in [2.45, 2.75) is 39.3 Å². The predicted octanol–water partition coefficient (Wildman–Crippen LogP) is -0.682. The molecule has 20 heavy (non-hydrogen) atoms. The van der Waals surface area contributed by atoms with E-state index < -0.39 is 25.1 Å². The molecule has 1 heterocycles. The van der Waals surface area contributed by atoms with Crippen LogP contribution in [0.2, 0.25) is 0 Å². The Morgan fingerprint density at radius 3 is 2.25 bits per heavy atom. The quantitative estimate of drug-likeness (QED) is 0.632. The maximum atomic E-state index is 12.4. The molecule has 0 unspecified atom stereocenters. The van der Waals surface area contributed by atoms with Crippen molar-refractivity contribution in [3.8, 4) is 0 Å². The second-order valence-corrected chi connectivity index (χ2v) is 5.98. The maximum Gasteiger partial charge on any atom is 1.00 e. The van der Waals surface area contributed by atoms with Crippen molar-refractivity contribution in [3.05, 3.63) is 0 Å². The van der Waals surface area contributed by atoms with E-state index in [0.717, 1.165) is 0 Å². The van der Waals surface area contributed by atoms with Gasteiger partial charge in [-0.05, 0) is 34.1 Å². The van der Waals surface area contributed by atoms with Gasteiger partial charge in [-0.15, -0.1) is 0 Å². The first-order valence-corrected chi connectivity index (χ1v) is 6.41. The van der Waals surface area contributed by atoms with Gasteiger partial charge >= 0.3 is 64.5 Å². The smallest absolute Gasteiger partial charge is 0.448 e. The van der Waals surface area contributed by atoms with Crippen LogP contribution in [0.5, 0.6) is 0 Å². The third-order valence-corrected chi connectivity index (χ3v) is 2.86. The molecule has 1 aliphatic rings. The second-order valence-electron chi connectivity index (χ2n) is 5.98. The molecule has 0 aliphatic carbocycles. The summed E-state index contributed by atoms with van der Waals surface area (Å²) in [5, 5.41) is 0. The third-order valence-electron chi connectivity index (χ3n) is 2.86. The van der Waals surface area contributed by atoms with E-state index >= 15 is 0 Å². The van der Waals surface area contributed by atoms with Gasteiger partial charge in [-0.1, -0.05) is 0 Å². The largest absolute Gasteiger partial charge is 1.00 e. The summed E-state index contributed by atoms with van der Waals surface area (Å²) in [4.78, 5) is 14.6. The predicted molar refractivity (Wildman–Crippen MR) is 67.9 cm³/mol. The van der Waals surface area contributed by atoms with E-state index in [0.29, 0.717) is 0 Å². The van der Waals surface area contributed by atoms with Gasteiger partial charge in [0.15, 0.2) is 0 Å². The molecule has 1 rings (SSSR count). The molecule has 0 bridgehead atoms. The molecule has 0 aromatic heterocycles. The Kier molecular flexibility index (Phi) is 8.11. The Hall–Kier alpha value is 0.721. The monoisotopic (exact) mass is 320 g/mol. The van der Waals surface area contributed by atoms with Gasteiger partial charge < -0.3 is 27.5 Å². The molecular weight excluding hydrogens is 299 g/mol. The van der Waals surface area contributed by atoms with Gasteiger partial charge in [-0.2, -0.15) is 0 Å². The fourth-order valence-electron chi connectivity index (χ4n) is 2.02. The summed E-state index contributed by atoms with van der Waals surface area (Å²) < 4.78 is 42.4. The molecule has 1 saturated heterocycles. The Labute approximate surface area is 160 Å². The minimum Gasteiger partial charge on any atom is -0.448 e. The molecule has 0 radical (unpaired) electrons. The standard InChI is InChI=1S/C11H21BF3N2O2.K/c1-9-7-16(10(18)19-11(2,3)4)5-6-17(9)8-12(13,14)15;/h9H,5-8H2,1-4H3;/q-1;+1/t9-;/m1./s1. The molecule has 0 N–H and O–H groups in total. The third kappa shape index (κ3) is 7.65. The van der Waals surface area contributed by atoms with E-state index in [1.54, 1.807) is 27.7 Å². The summed E-state index contributed by atoms with van der Waals surface area (Å²) in [7, 11) is 0. The van der Waals surface area contributed by atoms with Crippen molar-refractivity contribution in [1.29, 1.82) is 0 Å². The van der Waals surface area contributed by atoms with Crippen LogP contribution < -0.4 is 51.4 Å². The molecule has 0 spiro atoms. The van der Waals surface area contributed by atoms with E-state index in [2.05, 4.69) is 0 Å². The fourth-order valence-corrected chi connectivity index (χ4v) is 2.02. The van der Waals surface area contributed by atoms with Gasteiger partial charge in [0.2, 0.25) is 0 Å². The topological polar surface area (TPSA) is 32.8 Å². The number of piperazine rings is 1. The first-order valence-electron chi connectivity index (χ1n) is 6.41. The fraction of sp³-hybridized carbons (Fsp3) is 0.909. The summed E-state index contributed by atoms with van der Waals surface area (Å²) in [5.41, 5.74) is -0.591. The molecule has 1 amide bonds. The van der Waals surface area contributed by atoms with Gasteiger partial charge in [0.25, 0.3) is 0 Å². The molecule has 1 aliphatic heterocycles. The number of ether oxygens (including phenoxy) is 1. The van der Waals surface area contributed by atoms with Crippen molar-refractivity contribution in [2.75, 3.05) is 26.1 Å². The van der Waals surface area contributed by atoms with Crippen LogP contribution in [0.1, 0.15) is 27.7 Å². The number of amides is 1. The molecule has 4 nitrogen and oxygen atoms in total. The van der Waals surface area contributed by atoms with Crippen LogP contribution in [0.15, 0.2) is 0 Å². The van der Waals surface area contributed by atoms with E-state index in [4.69, 9.17) is 4.74 Å². The number of nitrogens with zero attached hydrogens (tertiary/aromatic N) is 2. The van der Waals surface area contributed by atoms with Crippen LogP contribution in [-0.2, 0) is 4.74 Å². The van der Waals surface area contributed by atoms with Crippen molar-refractivity contribution in [1.82, 2.24) is 9.80 Å². The number of halogens is 3. The summed E-state index contributed by atoms with van der Waals surface area (Å²) in [5.74, 6) is 0. The van der Waals surface area contributed by atoms with Crippen LogP contribution in [0.25, 0.3) is 0 Å². The second kappa shape index (κ2) is 7.82. The van der Waals surface area contributed by atoms with Crippen LogP contribution >= 0.6 is 0 Å². The van der Waals surface area contributed by atoms with Crippen LogP contribution in [0.4, 0.5) is 17.7 Å². The molecule has 9 heteroatoms. The zero-order valence-electron chi connectivity index (χ0n) is 12.8. The minimum absolute atomic E-state index is 0. The molecule has 1 atom stereocenters. The maximum absolute atomic E-state index is 12.4. The van der Waals surface area contributed by atoms with Gasteiger partial charge in [0.05, 0.1) is 0 Å². The van der Waals surface area contributed by atoms with E-state index in [1.807, 2.05) is 0 Å². The Bertz CT molecular complexity index is 337.